The van der Waals surface area contributed by atoms with Crippen LogP contribution in [0.3, 0.4) is 0 Å². The third kappa shape index (κ3) is 4.25. The fourth-order valence-corrected chi connectivity index (χ4v) is 11.3. The van der Waals surface area contributed by atoms with Gasteiger partial charge in [0.1, 0.15) is 23.5 Å². The highest BCUT2D eigenvalue weighted by Gasteiger charge is 2.60. The van der Waals surface area contributed by atoms with Crippen molar-refractivity contribution in [1.29, 1.82) is 0 Å². The average Bonchev–Trinajstić information content (AvgIpc) is 3.52. The van der Waals surface area contributed by atoms with Gasteiger partial charge in [-0.15, -0.1) is 0 Å². The summed E-state index contributed by atoms with van der Waals surface area (Å²) in [5.41, 5.74) is 1.57. The average molecular weight is 575 g/mol. The van der Waals surface area contributed by atoms with Crippen molar-refractivity contribution >= 4 is 41.5 Å². The molecule has 6 rings (SSSR count). The molecule has 1 aliphatic carbocycles. The normalized spacial score (nSPS) is 24.3. The van der Waals surface area contributed by atoms with Crippen molar-refractivity contribution in [3.63, 3.8) is 0 Å². The summed E-state index contributed by atoms with van der Waals surface area (Å²) in [5.74, 6) is -0.766. The van der Waals surface area contributed by atoms with Crippen molar-refractivity contribution < 1.29 is 13.9 Å². The van der Waals surface area contributed by atoms with E-state index in [1.54, 1.807) is 6.33 Å². The molecule has 40 heavy (non-hydrogen) atoms. The smallest absolute Gasteiger partial charge is 0.261 e. The second-order valence-corrected chi connectivity index (χ2v) is 17.0. The van der Waals surface area contributed by atoms with E-state index in [1.165, 1.54) is 16.7 Å². The molecule has 1 saturated heterocycles. The molecule has 2 aromatic heterocycles. The minimum absolute atomic E-state index is 0.141. The predicted octanol–water partition coefficient (Wildman–Crippen LogP) is 5.45. The van der Waals surface area contributed by atoms with Crippen molar-refractivity contribution in [2.24, 2.45) is 0 Å². The van der Waals surface area contributed by atoms with E-state index in [2.05, 4.69) is 109 Å². The van der Waals surface area contributed by atoms with E-state index in [1.807, 2.05) is 18.4 Å². The Bertz CT molecular complexity index is 1530. The Morgan fingerprint density at radius 2 is 1.57 bits per heavy atom. The maximum atomic E-state index is 7.31. The van der Waals surface area contributed by atoms with Crippen LogP contribution in [0.5, 0.6) is 0 Å². The maximum Gasteiger partial charge on any atom is 0.261 e. The number of ether oxygens (including phenoxy) is 2. The van der Waals surface area contributed by atoms with Crippen molar-refractivity contribution in [2.75, 3.05) is 6.61 Å². The molecular formula is C31H35ClN4O3Si. The Kier molecular flexibility index (Phi) is 6.55. The monoisotopic (exact) mass is 574 g/mol. The molecule has 0 unspecified atom stereocenters. The fourth-order valence-electron chi connectivity index (χ4n) is 6.58. The van der Waals surface area contributed by atoms with E-state index in [4.69, 9.17) is 25.5 Å². The summed E-state index contributed by atoms with van der Waals surface area (Å²) in [7, 11) is -2.75. The summed E-state index contributed by atoms with van der Waals surface area (Å²) in [6.07, 6.45) is 5.12. The molecule has 2 aromatic carbocycles. The molecule has 3 heterocycles. The Morgan fingerprint density at radius 3 is 2.17 bits per heavy atom. The molecule has 7 nitrogen and oxygen atoms in total. The molecule has 9 heteroatoms. The number of benzene rings is 2. The van der Waals surface area contributed by atoms with E-state index in [-0.39, 0.29) is 17.2 Å². The van der Waals surface area contributed by atoms with Gasteiger partial charge in [0.25, 0.3) is 8.32 Å². The Morgan fingerprint density at radius 1 is 0.950 bits per heavy atom. The largest absolute Gasteiger partial charge is 0.403 e. The molecule has 4 aromatic rings. The number of nitrogens with zero attached hydrogens (tertiary/aromatic N) is 4. The molecule has 2 aliphatic rings. The topological polar surface area (TPSA) is 71.3 Å². The first-order chi connectivity index (χ1) is 19.0. The van der Waals surface area contributed by atoms with Crippen LogP contribution in [-0.4, -0.2) is 51.9 Å². The van der Waals surface area contributed by atoms with Crippen LogP contribution in [0, 0.1) is 0 Å². The van der Waals surface area contributed by atoms with E-state index >= 15 is 0 Å². The van der Waals surface area contributed by atoms with Crippen molar-refractivity contribution in [3.8, 4) is 0 Å². The lowest BCUT2D eigenvalue weighted by Crippen LogP contribution is -2.66. The molecule has 0 N–H and O–H groups in total. The second kappa shape index (κ2) is 9.60. The SMILES string of the molecule is CC1(C)O[C@@H]2C(CO[Si](c3ccccc3)(c3ccccc3)C(C)(C)C)=C[C@@H](n3cnc4c(Cl)ncnc43)[C@]2(C)O1. The predicted molar refractivity (Wildman–Crippen MR) is 159 cm³/mol. The van der Waals surface area contributed by atoms with Gasteiger partial charge >= 0.3 is 0 Å². The fraction of sp³-hybridized carbons (Fsp3) is 0.387. The number of imidazole rings is 1. The Labute approximate surface area is 241 Å². The van der Waals surface area contributed by atoms with Gasteiger partial charge in [-0.2, -0.15) is 0 Å². The van der Waals surface area contributed by atoms with Gasteiger partial charge in [0.2, 0.25) is 0 Å². The maximum absolute atomic E-state index is 7.31. The minimum Gasteiger partial charge on any atom is -0.403 e. The minimum atomic E-state index is -2.75. The molecule has 1 aliphatic heterocycles. The second-order valence-electron chi connectivity index (χ2n) is 12.3. The molecule has 208 valence electrons. The molecule has 3 atom stereocenters. The molecular weight excluding hydrogens is 540 g/mol. The number of fused-ring (bicyclic) bond motifs is 2. The summed E-state index contributed by atoms with van der Waals surface area (Å²) in [4.78, 5) is 13.1. The lowest BCUT2D eigenvalue weighted by molar-refractivity contribution is -0.165. The van der Waals surface area contributed by atoms with Gasteiger partial charge in [-0.3, -0.25) is 0 Å². The van der Waals surface area contributed by atoms with Gasteiger partial charge in [0, 0.05) is 0 Å². The summed E-state index contributed by atoms with van der Waals surface area (Å²) in [6.45, 7) is 13.3. The highest BCUT2D eigenvalue weighted by molar-refractivity contribution is 6.99. The third-order valence-corrected chi connectivity index (χ3v) is 13.4. The van der Waals surface area contributed by atoms with Gasteiger partial charge in [0.15, 0.2) is 16.6 Å². The van der Waals surface area contributed by atoms with Gasteiger partial charge in [-0.25, -0.2) is 15.0 Å². The molecule has 1 fully saturated rings. The zero-order valence-electron chi connectivity index (χ0n) is 23.8. The number of aromatic nitrogens is 4. The van der Waals surface area contributed by atoms with E-state index in [0.29, 0.717) is 22.9 Å². The quantitative estimate of drug-likeness (QED) is 0.173. The standard InChI is InChI=1S/C31H35ClN4O3Si/c1-29(2,3)40(22-13-9-7-10-14-22,23-15-11-8-12-16-23)37-18-21-17-24(31(6)26(21)38-30(4,5)39-31)36-20-35-25-27(32)33-19-34-28(25)36/h7-17,19-20,24,26H,18H2,1-6H3/t24-,26-,31+/m1/s1. The number of hydrogen-bond donors (Lipinski definition) is 0. The van der Waals surface area contributed by atoms with E-state index in [9.17, 15) is 0 Å². The molecule has 0 bridgehead atoms. The number of hydrogen-bond acceptors (Lipinski definition) is 6. The van der Waals surface area contributed by atoms with Crippen LogP contribution in [0.15, 0.2) is 85.0 Å². The van der Waals surface area contributed by atoms with Crippen LogP contribution < -0.4 is 10.4 Å². The van der Waals surface area contributed by atoms with Gasteiger partial charge < -0.3 is 18.5 Å². The van der Waals surface area contributed by atoms with Crippen LogP contribution in [0.2, 0.25) is 10.2 Å². The Hall–Kier alpha value is -2.88. The van der Waals surface area contributed by atoms with E-state index < -0.39 is 19.7 Å². The lowest BCUT2D eigenvalue weighted by Gasteiger charge is -2.43. The highest BCUT2D eigenvalue weighted by atomic mass is 35.5. The van der Waals surface area contributed by atoms with Crippen LogP contribution in [-0.2, 0) is 13.9 Å². The van der Waals surface area contributed by atoms with Crippen LogP contribution in [0.25, 0.3) is 11.2 Å². The summed E-state index contributed by atoms with van der Waals surface area (Å²) < 4.78 is 22.5. The Balaban J connectivity index is 1.45. The first-order valence-electron chi connectivity index (χ1n) is 13.6. The van der Waals surface area contributed by atoms with Crippen molar-refractivity contribution in [1.82, 2.24) is 19.5 Å². The number of halogens is 1. The summed E-state index contributed by atoms with van der Waals surface area (Å²) in [5, 5.41) is 2.66. The van der Waals surface area contributed by atoms with Crippen molar-refractivity contribution in [2.45, 2.75) is 70.1 Å². The molecule has 0 saturated carbocycles. The highest BCUT2D eigenvalue weighted by Crippen LogP contribution is 2.52. The molecule has 0 spiro atoms. The van der Waals surface area contributed by atoms with Crippen LogP contribution >= 0.6 is 11.6 Å². The van der Waals surface area contributed by atoms with Gasteiger partial charge in [0.05, 0.1) is 19.0 Å². The third-order valence-electron chi connectivity index (χ3n) is 8.17. The first kappa shape index (κ1) is 27.3. The summed E-state index contributed by atoms with van der Waals surface area (Å²) >= 11 is 6.34. The molecule has 0 radical (unpaired) electrons. The first-order valence-corrected chi connectivity index (χ1v) is 15.9. The lowest BCUT2D eigenvalue weighted by atomic mass is 9.95. The van der Waals surface area contributed by atoms with Crippen LogP contribution in [0.4, 0.5) is 0 Å². The summed E-state index contributed by atoms with van der Waals surface area (Å²) in [6, 6.07) is 21.1. The van der Waals surface area contributed by atoms with Crippen LogP contribution in [0.1, 0.15) is 47.6 Å². The van der Waals surface area contributed by atoms with Crippen molar-refractivity contribution in [3.05, 3.63) is 90.1 Å². The molecule has 0 amide bonds. The zero-order chi connectivity index (χ0) is 28.3. The van der Waals surface area contributed by atoms with Gasteiger partial charge in [-0.1, -0.05) is 99.1 Å². The van der Waals surface area contributed by atoms with E-state index in [0.717, 1.165) is 5.57 Å². The van der Waals surface area contributed by atoms with Gasteiger partial charge in [-0.05, 0) is 41.8 Å². The number of rotatable bonds is 6. The zero-order valence-corrected chi connectivity index (χ0v) is 25.5.